The SMILES string of the molecule is COc1ccc(C(=O)N2CCC(C(C)N)CC2)c(F)c1.Cl. The van der Waals surface area contributed by atoms with E-state index >= 15 is 0 Å². The van der Waals surface area contributed by atoms with Crippen LogP contribution in [-0.2, 0) is 0 Å². The number of carbonyl (C=O) groups excluding carboxylic acids is 1. The number of nitrogens with two attached hydrogens (primary N) is 1. The van der Waals surface area contributed by atoms with E-state index in [-0.39, 0.29) is 29.9 Å². The average molecular weight is 317 g/mol. The molecule has 1 heterocycles. The first kappa shape index (κ1) is 17.7. The molecular weight excluding hydrogens is 295 g/mol. The highest BCUT2D eigenvalue weighted by Crippen LogP contribution is 2.23. The van der Waals surface area contributed by atoms with Crippen LogP contribution in [0.1, 0.15) is 30.1 Å². The smallest absolute Gasteiger partial charge is 0.256 e. The third-order valence-corrected chi connectivity index (χ3v) is 3.98. The molecule has 1 aromatic carbocycles. The highest BCUT2D eigenvalue weighted by atomic mass is 35.5. The molecule has 1 unspecified atom stereocenters. The summed E-state index contributed by atoms with van der Waals surface area (Å²) in [5.41, 5.74) is 5.98. The first-order valence-electron chi connectivity index (χ1n) is 6.91. The zero-order valence-corrected chi connectivity index (χ0v) is 13.2. The molecule has 4 nitrogen and oxygen atoms in total. The van der Waals surface area contributed by atoms with Gasteiger partial charge in [0.15, 0.2) is 0 Å². The van der Waals surface area contributed by atoms with Gasteiger partial charge < -0.3 is 15.4 Å². The van der Waals surface area contributed by atoms with Gasteiger partial charge in [0.1, 0.15) is 11.6 Å². The van der Waals surface area contributed by atoms with Crippen LogP contribution in [0.25, 0.3) is 0 Å². The maximum Gasteiger partial charge on any atom is 0.256 e. The summed E-state index contributed by atoms with van der Waals surface area (Å²) in [6.45, 7) is 3.26. The van der Waals surface area contributed by atoms with Crippen LogP contribution in [0.5, 0.6) is 5.75 Å². The third kappa shape index (κ3) is 4.08. The molecule has 1 fully saturated rings. The van der Waals surface area contributed by atoms with E-state index in [9.17, 15) is 9.18 Å². The molecule has 1 aliphatic heterocycles. The van der Waals surface area contributed by atoms with E-state index in [0.29, 0.717) is 24.8 Å². The Bertz CT molecular complexity index is 489. The quantitative estimate of drug-likeness (QED) is 0.932. The Balaban J connectivity index is 0.00000220. The summed E-state index contributed by atoms with van der Waals surface area (Å²) in [5, 5.41) is 0. The van der Waals surface area contributed by atoms with Crippen molar-refractivity contribution in [2.75, 3.05) is 20.2 Å². The fraction of sp³-hybridized carbons (Fsp3) is 0.533. The number of hydrogen-bond acceptors (Lipinski definition) is 3. The molecule has 1 aromatic rings. The molecule has 0 aliphatic carbocycles. The number of halogens is 2. The third-order valence-electron chi connectivity index (χ3n) is 3.98. The van der Waals surface area contributed by atoms with Crippen LogP contribution in [-0.4, -0.2) is 37.0 Å². The van der Waals surface area contributed by atoms with Crippen LogP contribution in [0.15, 0.2) is 18.2 Å². The lowest BCUT2D eigenvalue weighted by atomic mass is 9.90. The van der Waals surface area contributed by atoms with Crippen LogP contribution in [0.4, 0.5) is 4.39 Å². The minimum Gasteiger partial charge on any atom is -0.497 e. The summed E-state index contributed by atoms with van der Waals surface area (Å²) >= 11 is 0. The topological polar surface area (TPSA) is 55.6 Å². The summed E-state index contributed by atoms with van der Waals surface area (Å²) in [5.74, 6) is 0.0615. The van der Waals surface area contributed by atoms with Crippen molar-refractivity contribution in [3.05, 3.63) is 29.6 Å². The van der Waals surface area contributed by atoms with E-state index in [2.05, 4.69) is 0 Å². The van der Waals surface area contributed by atoms with Gasteiger partial charge in [0.05, 0.1) is 12.7 Å². The van der Waals surface area contributed by atoms with Crippen molar-refractivity contribution in [2.45, 2.75) is 25.8 Å². The van der Waals surface area contributed by atoms with Gasteiger partial charge in [0.2, 0.25) is 0 Å². The number of amides is 1. The van der Waals surface area contributed by atoms with E-state index in [1.165, 1.54) is 19.2 Å². The second-order valence-electron chi connectivity index (χ2n) is 5.33. The predicted octanol–water partition coefficient (Wildman–Crippen LogP) is 2.46. The van der Waals surface area contributed by atoms with Gasteiger partial charge in [0, 0.05) is 25.2 Å². The molecule has 1 amide bonds. The number of benzene rings is 1. The van der Waals surface area contributed by atoms with Gasteiger partial charge in [-0.15, -0.1) is 12.4 Å². The number of nitrogens with zero attached hydrogens (tertiary/aromatic N) is 1. The van der Waals surface area contributed by atoms with E-state index < -0.39 is 5.82 Å². The monoisotopic (exact) mass is 316 g/mol. The highest BCUT2D eigenvalue weighted by molar-refractivity contribution is 5.94. The minimum absolute atomic E-state index is 0. The fourth-order valence-corrected chi connectivity index (χ4v) is 2.59. The number of hydrogen-bond donors (Lipinski definition) is 1. The van der Waals surface area contributed by atoms with Crippen molar-refractivity contribution in [1.82, 2.24) is 4.90 Å². The number of likely N-dealkylation sites (tertiary alicyclic amines) is 1. The average Bonchev–Trinajstić information content (AvgIpc) is 2.46. The van der Waals surface area contributed by atoms with Crippen molar-refractivity contribution in [1.29, 1.82) is 0 Å². The molecule has 0 bridgehead atoms. The number of piperidine rings is 1. The van der Waals surface area contributed by atoms with E-state index in [0.717, 1.165) is 12.8 Å². The van der Waals surface area contributed by atoms with Gasteiger partial charge in [-0.05, 0) is 37.8 Å². The molecular formula is C15H22ClFN2O2. The standard InChI is InChI=1S/C15H21FN2O2.ClH/c1-10(17)11-5-7-18(8-6-11)15(19)13-4-3-12(20-2)9-14(13)16;/h3-4,9-11H,5-8,17H2,1-2H3;1H. The maximum atomic E-state index is 13.9. The Morgan fingerprint density at radius 2 is 2.05 bits per heavy atom. The largest absolute Gasteiger partial charge is 0.497 e. The first-order valence-corrected chi connectivity index (χ1v) is 6.91. The van der Waals surface area contributed by atoms with Gasteiger partial charge in [-0.2, -0.15) is 0 Å². The molecule has 21 heavy (non-hydrogen) atoms. The van der Waals surface area contributed by atoms with Gasteiger partial charge >= 0.3 is 0 Å². The highest BCUT2D eigenvalue weighted by Gasteiger charge is 2.26. The van der Waals surface area contributed by atoms with Crippen LogP contribution in [0, 0.1) is 11.7 Å². The molecule has 1 atom stereocenters. The normalized spacial score (nSPS) is 17.0. The Morgan fingerprint density at radius 1 is 1.43 bits per heavy atom. The van der Waals surface area contributed by atoms with Crippen LogP contribution in [0.3, 0.4) is 0 Å². The first-order chi connectivity index (χ1) is 9.52. The lowest BCUT2D eigenvalue weighted by Gasteiger charge is -2.33. The molecule has 118 valence electrons. The molecule has 2 rings (SSSR count). The van der Waals surface area contributed by atoms with Crippen molar-refractivity contribution >= 4 is 18.3 Å². The van der Waals surface area contributed by atoms with Gasteiger partial charge in [-0.25, -0.2) is 4.39 Å². The number of methoxy groups -OCH3 is 1. The lowest BCUT2D eigenvalue weighted by Crippen LogP contribution is -2.42. The van der Waals surface area contributed by atoms with Crippen molar-refractivity contribution in [2.24, 2.45) is 11.7 Å². The summed E-state index contributed by atoms with van der Waals surface area (Å²) in [4.78, 5) is 14.0. The predicted molar refractivity (Wildman–Crippen MR) is 82.5 cm³/mol. The van der Waals surface area contributed by atoms with Crippen molar-refractivity contribution in [3.8, 4) is 5.75 Å². The second kappa shape index (κ2) is 7.61. The van der Waals surface area contributed by atoms with Gasteiger partial charge in [-0.3, -0.25) is 4.79 Å². The molecule has 0 saturated carbocycles. The number of ether oxygens (including phenoxy) is 1. The molecule has 0 radical (unpaired) electrons. The fourth-order valence-electron chi connectivity index (χ4n) is 2.59. The second-order valence-corrected chi connectivity index (χ2v) is 5.33. The molecule has 2 N–H and O–H groups in total. The molecule has 6 heteroatoms. The van der Waals surface area contributed by atoms with Crippen LogP contribution >= 0.6 is 12.4 Å². The Morgan fingerprint density at radius 3 is 2.52 bits per heavy atom. The lowest BCUT2D eigenvalue weighted by molar-refractivity contribution is 0.0676. The summed E-state index contributed by atoms with van der Waals surface area (Å²) in [7, 11) is 1.47. The minimum atomic E-state index is -0.538. The Kier molecular flexibility index (Phi) is 6.42. The van der Waals surface area contributed by atoms with Crippen molar-refractivity contribution in [3.63, 3.8) is 0 Å². The zero-order valence-electron chi connectivity index (χ0n) is 12.3. The van der Waals surface area contributed by atoms with E-state index in [1.54, 1.807) is 11.0 Å². The molecule has 0 spiro atoms. The summed E-state index contributed by atoms with van der Waals surface area (Å²) in [6, 6.07) is 4.46. The summed E-state index contributed by atoms with van der Waals surface area (Å²) < 4.78 is 18.8. The molecule has 1 aliphatic rings. The number of carbonyl (C=O) groups is 1. The van der Waals surface area contributed by atoms with Crippen LogP contribution in [0.2, 0.25) is 0 Å². The maximum absolute atomic E-state index is 13.9. The summed E-state index contributed by atoms with van der Waals surface area (Å²) in [6.07, 6.45) is 1.75. The Hall–Kier alpha value is -1.33. The molecule has 1 saturated heterocycles. The zero-order chi connectivity index (χ0) is 14.7. The Labute approximate surface area is 130 Å². The number of rotatable bonds is 3. The van der Waals surface area contributed by atoms with Crippen molar-refractivity contribution < 1.29 is 13.9 Å². The van der Waals surface area contributed by atoms with E-state index in [4.69, 9.17) is 10.5 Å². The molecule has 0 aromatic heterocycles. The van der Waals surface area contributed by atoms with Gasteiger partial charge in [-0.1, -0.05) is 0 Å². The van der Waals surface area contributed by atoms with Crippen LogP contribution < -0.4 is 10.5 Å². The van der Waals surface area contributed by atoms with Gasteiger partial charge in [0.25, 0.3) is 5.91 Å². The van der Waals surface area contributed by atoms with E-state index in [1.807, 2.05) is 6.92 Å².